The van der Waals surface area contributed by atoms with Gasteiger partial charge in [-0.2, -0.15) is 0 Å². The van der Waals surface area contributed by atoms with Crippen LogP contribution in [0.3, 0.4) is 0 Å². The van der Waals surface area contributed by atoms with Gasteiger partial charge in [-0.15, -0.1) is 0 Å². The largest absolute Gasteiger partial charge is 0.456 e. The van der Waals surface area contributed by atoms with Gasteiger partial charge in [-0.3, -0.25) is 0 Å². The molecule has 1 atom stereocenters. The normalized spacial score (nSPS) is 14.6. The summed E-state index contributed by atoms with van der Waals surface area (Å²) in [5.74, 6) is 2.30. The second-order valence-electron chi connectivity index (χ2n) is 13.9. The standard InChI is InChI=1S/C49H31N3O/c1-3-11-30(12-4-1)31-21-23-33(24-22-31)48-50-47(32-13-5-2-6-14-32)51-49(52-48)42-19-10-20-43-46(42)41-26-25-34(29-44(41)53-43)35-27-28-40-37-16-8-7-15-36(37)39-18-9-17-38(35)45(39)40/h1-15,17-29,37H,16H2. The molecule has 2 aliphatic rings. The highest BCUT2D eigenvalue weighted by Crippen LogP contribution is 2.51. The molecule has 0 spiro atoms. The Bertz CT molecular complexity index is 2960. The van der Waals surface area contributed by atoms with Gasteiger partial charge in [0, 0.05) is 33.4 Å². The van der Waals surface area contributed by atoms with Crippen LogP contribution in [0.15, 0.2) is 174 Å². The molecule has 4 nitrogen and oxygen atoms in total. The van der Waals surface area contributed by atoms with Gasteiger partial charge in [0.1, 0.15) is 11.2 Å². The average molecular weight is 678 g/mol. The molecule has 0 N–H and O–H groups in total. The van der Waals surface area contributed by atoms with E-state index in [4.69, 9.17) is 19.4 Å². The minimum Gasteiger partial charge on any atom is -0.456 e. The molecule has 0 amide bonds. The topological polar surface area (TPSA) is 51.8 Å². The summed E-state index contributed by atoms with van der Waals surface area (Å²) < 4.78 is 6.62. The van der Waals surface area contributed by atoms with Crippen LogP contribution in [-0.4, -0.2) is 15.0 Å². The summed E-state index contributed by atoms with van der Waals surface area (Å²) in [6, 6.07) is 53.1. The Labute approximate surface area is 306 Å². The van der Waals surface area contributed by atoms with Gasteiger partial charge in [-0.1, -0.05) is 152 Å². The number of hydrogen-bond donors (Lipinski definition) is 0. The van der Waals surface area contributed by atoms with Gasteiger partial charge in [0.25, 0.3) is 0 Å². The van der Waals surface area contributed by atoms with E-state index in [9.17, 15) is 0 Å². The molecule has 7 aromatic carbocycles. The average Bonchev–Trinajstić information content (AvgIpc) is 3.78. The van der Waals surface area contributed by atoms with Crippen molar-refractivity contribution in [1.29, 1.82) is 0 Å². The number of fused-ring (bicyclic) bond motifs is 6. The van der Waals surface area contributed by atoms with Crippen molar-refractivity contribution < 1.29 is 4.42 Å². The summed E-state index contributed by atoms with van der Waals surface area (Å²) in [5.41, 5.74) is 13.3. The Morgan fingerprint density at radius 1 is 0.453 bits per heavy atom. The van der Waals surface area contributed by atoms with Gasteiger partial charge in [0.15, 0.2) is 17.5 Å². The molecule has 11 rings (SSSR count). The van der Waals surface area contributed by atoms with Gasteiger partial charge in [-0.05, 0) is 74.3 Å². The SMILES string of the molecule is C1=CCC2C(=C1)c1cccc3c(-c4ccc5c(c4)oc4cccc(-c6nc(-c7ccccc7)nc(-c7ccc(-c8ccccc8)cc7)n6)c45)ccc2c13. The maximum Gasteiger partial charge on any atom is 0.164 e. The molecule has 0 saturated heterocycles. The second-order valence-corrected chi connectivity index (χ2v) is 13.9. The van der Waals surface area contributed by atoms with E-state index in [1.165, 1.54) is 38.6 Å². The minimum atomic E-state index is 0.442. The molecule has 53 heavy (non-hydrogen) atoms. The molecular formula is C49H31N3O. The molecular weight excluding hydrogens is 647 g/mol. The fraction of sp³-hybridized carbons (Fsp3) is 0.0408. The van der Waals surface area contributed by atoms with Gasteiger partial charge < -0.3 is 4.42 Å². The van der Waals surface area contributed by atoms with E-state index in [1.54, 1.807) is 0 Å². The maximum atomic E-state index is 6.62. The molecule has 4 heteroatoms. The lowest BCUT2D eigenvalue weighted by Gasteiger charge is -2.15. The highest BCUT2D eigenvalue weighted by molar-refractivity contribution is 6.14. The second kappa shape index (κ2) is 11.8. The van der Waals surface area contributed by atoms with Crippen LogP contribution >= 0.6 is 0 Å². The van der Waals surface area contributed by atoms with Crippen LogP contribution < -0.4 is 0 Å². The first-order valence-corrected chi connectivity index (χ1v) is 18.1. The summed E-state index contributed by atoms with van der Waals surface area (Å²) in [6.07, 6.45) is 7.83. The quantitative estimate of drug-likeness (QED) is 0.182. The van der Waals surface area contributed by atoms with E-state index in [2.05, 4.69) is 121 Å². The van der Waals surface area contributed by atoms with Crippen molar-refractivity contribution in [2.24, 2.45) is 0 Å². The first-order chi connectivity index (χ1) is 26.3. The summed E-state index contributed by atoms with van der Waals surface area (Å²) in [5, 5.41) is 4.69. The number of hydrogen-bond acceptors (Lipinski definition) is 4. The van der Waals surface area contributed by atoms with Crippen molar-refractivity contribution in [1.82, 2.24) is 15.0 Å². The van der Waals surface area contributed by atoms with Gasteiger partial charge >= 0.3 is 0 Å². The Kier molecular flexibility index (Phi) is 6.65. The number of aromatic nitrogens is 3. The molecule has 0 radical (unpaired) electrons. The van der Waals surface area contributed by atoms with Gasteiger partial charge in [0.2, 0.25) is 0 Å². The number of rotatable bonds is 5. The van der Waals surface area contributed by atoms with E-state index in [1.807, 2.05) is 48.5 Å². The predicted octanol–water partition coefficient (Wildman–Crippen LogP) is 12.7. The summed E-state index contributed by atoms with van der Waals surface area (Å²) >= 11 is 0. The van der Waals surface area contributed by atoms with Crippen LogP contribution in [0, 0.1) is 0 Å². The Morgan fingerprint density at radius 2 is 1.11 bits per heavy atom. The molecule has 2 heterocycles. The molecule has 2 aromatic heterocycles. The third kappa shape index (κ3) is 4.80. The molecule has 1 unspecified atom stereocenters. The molecule has 0 bridgehead atoms. The first-order valence-electron chi connectivity index (χ1n) is 18.1. The zero-order valence-electron chi connectivity index (χ0n) is 28.7. The molecule has 248 valence electrons. The lowest BCUT2D eigenvalue weighted by molar-refractivity contribution is 0.669. The number of allylic oxidation sites excluding steroid dienone is 4. The molecule has 0 aliphatic heterocycles. The predicted molar refractivity (Wildman–Crippen MR) is 216 cm³/mol. The third-order valence-electron chi connectivity index (χ3n) is 10.9. The Balaban J connectivity index is 1.05. The Hall–Kier alpha value is -6.91. The van der Waals surface area contributed by atoms with Gasteiger partial charge in [-0.25, -0.2) is 15.0 Å². The van der Waals surface area contributed by atoms with Crippen LogP contribution in [0.5, 0.6) is 0 Å². The van der Waals surface area contributed by atoms with E-state index in [0.29, 0.717) is 23.4 Å². The smallest absolute Gasteiger partial charge is 0.164 e. The number of benzene rings is 7. The zero-order chi connectivity index (χ0) is 34.9. The van der Waals surface area contributed by atoms with Crippen LogP contribution in [0.25, 0.3) is 94.7 Å². The van der Waals surface area contributed by atoms with Crippen LogP contribution in [0.1, 0.15) is 23.5 Å². The number of nitrogens with zero attached hydrogens (tertiary/aromatic N) is 3. The van der Waals surface area contributed by atoms with Crippen molar-refractivity contribution in [3.8, 4) is 56.4 Å². The van der Waals surface area contributed by atoms with Crippen LogP contribution in [0.2, 0.25) is 0 Å². The molecule has 0 fully saturated rings. The summed E-state index contributed by atoms with van der Waals surface area (Å²) in [7, 11) is 0. The highest BCUT2D eigenvalue weighted by atomic mass is 16.3. The number of furan rings is 1. The maximum absolute atomic E-state index is 6.62. The fourth-order valence-corrected chi connectivity index (χ4v) is 8.38. The van der Waals surface area contributed by atoms with E-state index in [0.717, 1.165) is 56.2 Å². The fourth-order valence-electron chi connectivity index (χ4n) is 8.38. The summed E-state index contributed by atoms with van der Waals surface area (Å²) in [6.45, 7) is 0. The van der Waals surface area contributed by atoms with Crippen molar-refractivity contribution in [2.45, 2.75) is 12.3 Å². The molecule has 0 saturated carbocycles. The molecule has 2 aliphatic carbocycles. The van der Waals surface area contributed by atoms with Crippen LogP contribution in [-0.2, 0) is 0 Å². The highest BCUT2D eigenvalue weighted by Gasteiger charge is 2.30. The van der Waals surface area contributed by atoms with E-state index in [-0.39, 0.29) is 0 Å². The zero-order valence-corrected chi connectivity index (χ0v) is 28.7. The van der Waals surface area contributed by atoms with Crippen LogP contribution in [0.4, 0.5) is 0 Å². The lowest BCUT2D eigenvalue weighted by atomic mass is 9.89. The minimum absolute atomic E-state index is 0.442. The van der Waals surface area contributed by atoms with E-state index >= 15 is 0 Å². The third-order valence-corrected chi connectivity index (χ3v) is 10.9. The molecule has 9 aromatic rings. The first kappa shape index (κ1) is 29.8. The van der Waals surface area contributed by atoms with Crippen molar-refractivity contribution in [3.63, 3.8) is 0 Å². The Morgan fingerprint density at radius 3 is 1.92 bits per heavy atom. The summed E-state index contributed by atoms with van der Waals surface area (Å²) in [4.78, 5) is 15.2. The van der Waals surface area contributed by atoms with Crippen molar-refractivity contribution >= 4 is 38.3 Å². The van der Waals surface area contributed by atoms with Gasteiger partial charge in [0.05, 0.1) is 0 Å². The lowest BCUT2D eigenvalue weighted by Crippen LogP contribution is -2.00. The van der Waals surface area contributed by atoms with Crippen molar-refractivity contribution in [3.05, 3.63) is 181 Å². The monoisotopic (exact) mass is 677 g/mol. The van der Waals surface area contributed by atoms with Crippen molar-refractivity contribution in [2.75, 3.05) is 0 Å². The van der Waals surface area contributed by atoms with E-state index < -0.39 is 0 Å².